The quantitative estimate of drug-likeness (QED) is 0.363. The number of aliphatic hydroxyl groups is 1. The van der Waals surface area contributed by atoms with E-state index in [1.54, 1.807) is 21.3 Å². The van der Waals surface area contributed by atoms with Gasteiger partial charge in [-0.05, 0) is 74.7 Å². The number of ketones is 1. The normalized spacial score (nSPS) is 46.1. The first kappa shape index (κ1) is 31.8. The van der Waals surface area contributed by atoms with Gasteiger partial charge in [-0.15, -0.1) is 0 Å². The summed E-state index contributed by atoms with van der Waals surface area (Å²) in [7, 11) is 4.93. The highest BCUT2D eigenvalue weighted by atomic mass is 16.7. The zero-order chi connectivity index (χ0) is 30.1. The van der Waals surface area contributed by atoms with Crippen LogP contribution in [0.4, 0.5) is 0 Å². The summed E-state index contributed by atoms with van der Waals surface area (Å²) in [6, 6.07) is 0. The standard InChI is InChI=1S/C33H50O9/c1-7-20-9-8-10-27(34)17(2)29(36)26-15-24-22(25(26)16-28(35)41-20)12-11-19-13-21(14-23(19)24)42-33-32(39-6)31(38-5)30(37-4)18(3)40-33/h11-12,15,17-25,27,30-34H,7-10,13-14,16H2,1-6H3/t17-,18-,19+,20+,21+,22+,23+,24+,25-,27-,30-,31+,32+,33-/m0/s1. The Hall–Kier alpha value is -1.62. The summed E-state index contributed by atoms with van der Waals surface area (Å²) in [5.74, 6) is -0.278. The van der Waals surface area contributed by atoms with Crippen LogP contribution in [0.5, 0.6) is 0 Å². The van der Waals surface area contributed by atoms with E-state index in [-0.39, 0.29) is 72.4 Å². The Morgan fingerprint density at radius 2 is 1.69 bits per heavy atom. The van der Waals surface area contributed by atoms with Crippen LogP contribution in [-0.2, 0) is 38.0 Å². The molecule has 42 heavy (non-hydrogen) atoms. The molecule has 1 N–H and O–H groups in total. The third-order valence-electron chi connectivity index (χ3n) is 10.7. The number of hydrogen-bond acceptors (Lipinski definition) is 9. The molecule has 0 amide bonds. The summed E-state index contributed by atoms with van der Waals surface area (Å²) in [6.45, 7) is 5.80. The van der Waals surface area contributed by atoms with Crippen molar-refractivity contribution in [2.24, 2.45) is 35.5 Å². The number of hydrogen-bond donors (Lipinski definition) is 1. The topological polar surface area (TPSA) is 110 Å². The van der Waals surface area contributed by atoms with Gasteiger partial charge < -0.3 is 33.5 Å². The summed E-state index contributed by atoms with van der Waals surface area (Å²) in [4.78, 5) is 26.9. The molecule has 0 spiro atoms. The van der Waals surface area contributed by atoms with Crippen molar-refractivity contribution in [2.45, 2.75) is 115 Å². The Morgan fingerprint density at radius 3 is 2.38 bits per heavy atom. The second kappa shape index (κ2) is 13.6. The minimum absolute atomic E-state index is 0.0381. The Morgan fingerprint density at radius 1 is 0.952 bits per heavy atom. The summed E-state index contributed by atoms with van der Waals surface area (Å²) in [5.41, 5.74) is 0.689. The smallest absolute Gasteiger partial charge is 0.306 e. The molecular weight excluding hydrogens is 540 g/mol. The first-order valence-corrected chi connectivity index (χ1v) is 15.9. The van der Waals surface area contributed by atoms with Crippen LogP contribution in [0.15, 0.2) is 23.8 Å². The van der Waals surface area contributed by atoms with Crippen molar-refractivity contribution in [2.75, 3.05) is 21.3 Å². The number of esters is 1. The highest BCUT2D eigenvalue weighted by Crippen LogP contribution is 2.54. The van der Waals surface area contributed by atoms with Gasteiger partial charge in [0.2, 0.25) is 0 Å². The van der Waals surface area contributed by atoms with Crippen LogP contribution in [0.25, 0.3) is 0 Å². The summed E-state index contributed by atoms with van der Waals surface area (Å²) in [5, 5.41) is 10.9. The van der Waals surface area contributed by atoms with Gasteiger partial charge in [-0.2, -0.15) is 0 Å². The molecule has 0 aromatic rings. The average molecular weight is 591 g/mol. The molecule has 0 bridgehead atoms. The predicted octanol–water partition coefficient (Wildman–Crippen LogP) is 4.01. The fraction of sp³-hybridized carbons (Fsp3) is 0.818. The van der Waals surface area contributed by atoms with Gasteiger partial charge in [0.1, 0.15) is 24.4 Å². The van der Waals surface area contributed by atoms with E-state index < -0.39 is 24.4 Å². The Kier molecular flexibility index (Phi) is 10.3. The van der Waals surface area contributed by atoms with Crippen LogP contribution < -0.4 is 0 Å². The van der Waals surface area contributed by atoms with Gasteiger partial charge in [-0.25, -0.2) is 0 Å². The predicted molar refractivity (Wildman–Crippen MR) is 154 cm³/mol. The van der Waals surface area contributed by atoms with Crippen LogP contribution in [0.3, 0.4) is 0 Å². The lowest BCUT2D eigenvalue weighted by molar-refractivity contribution is -0.314. The van der Waals surface area contributed by atoms with Crippen LogP contribution in [-0.4, -0.2) is 87.2 Å². The molecule has 0 unspecified atom stereocenters. The van der Waals surface area contributed by atoms with Gasteiger partial charge >= 0.3 is 5.97 Å². The Labute approximate surface area is 250 Å². The largest absolute Gasteiger partial charge is 0.462 e. The van der Waals surface area contributed by atoms with E-state index in [0.717, 1.165) is 25.7 Å². The number of carbonyl (C=O) groups is 2. The van der Waals surface area contributed by atoms with E-state index >= 15 is 0 Å². The number of cyclic esters (lactones) is 1. The second-order valence-corrected chi connectivity index (χ2v) is 13.0. The number of allylic oxidation sites excluding steroid dienone is 4. The van der Waals surface area contributed by atoms with Crippen LogP contribution >= 0.6 is 0 Å². The van der Waals surface area contributed by atoms with Gasteiger partial charge in [0.15, 0.2) is 12.1 Å². The molecule has 0 aromatic carbocycles. The molecule has 2 saturated heterocycles. The molecule has 2 aliphatic heterocycles. The van der Waals surface area contributed by atoms with E-state index in [0.29, 0.717) is 24.3 Å². The number of Topliss-reactive ketones (excluding diaryl/α,β-unsaturated/α-hetero) is 1. The summed E-state index contributed by atoms with van der Waals surface area (Å²) >= 11 is 0. The van der Waals surface area contributed by atoms with Crippen molar-refractivity contribution in [1.82, 2.24) is 0 Å². The van der Waals surface area contributed by atoms with E-state index in [1.165, 1.54) is 0 Å². The first-order valence-electron chi connectivity index (χ1n) is 15.9. The summed E-state index contributed by atoms with van der Waals surface area (Å²) < 4.78 is 35.9. The second-order valence-electron chi connectivity index (χ2n) is 13.0. The average Bonchev–Trinajstić information content (AvgIpc) is 3.55. The van der Waals surface area contributed by atoms with E-state index in [2.05, 4.69) is 18.2 Å². The third-order valence-corrected chi connectivity index (χ3v) is 10.7. The van der Waals surface area contributed by atoms with E-state index in [1.807, 2.05) is 20.8 Å². The van der Waals surface area contributed by atoms with Crippen molar-refractivity contribution in [1.29, 1.82) is 0 Å². The zero-order valence-corrected chi connectivity index (χ0v) is 26.0. The lowest BCUT2D eigenvalue weighted by Crippen LogP contribution is -2.59. The molecule has 3 aliphatic carbocycles. The SMILES string of the molecule is CC[C@@H]1CCC[C@H](O)[C@H](C)C(=O)C2=C[C@@H]3[C@@H](C=C[C@@H]4C[C@@H](O[C@@H]5O[C@@H](C)[C@H](OC)[C@@H](OC)[C@H]5OC)C[C@@H]34)[C@@H]2CC(=O)O1. The minimum atomic E-state index is -0.706. The number of aliphatic hydroxyl groups excluding tert-OH is 1. The molecule has 2 heterocycles. The van der Waals surface area contributed by atoms with E-state index in [9.17, 15) is 14.7 Å². The maximum absolute atomic E-state index is 13.8. The number of methoxy groups -OCH3 is 3. The van der Waals surface area contributed by atoms with Gasteiger partial charge in [-0.1, -0.05) is 32.1 Å². The van der Waals surface area contributed by atoms with Crippen LogP contribution in [0.2, 0.25) is 0 Å². The van der Waals surface area contributed by atoms with Crippen molar-refractivity contribution in [3.63, 3.8) is 0 Å². The number of rotatable bonds is 6. The molecule has 3 fully saturated rings. The first-order chi connectivity index (χ1) is 20.2. The van der Waals surface area contributed by atoms with Gasteiger partial charge in [0.25, 0.3) is 0 Å². The summed E-state index contributed by atoms with van der Waals surface area (Å²) in [6.07, 6.45) is 8.39. The van der Waals surface area contributed by atoms with Crippen molar-refractivity contribution >= 4 is 11.8 Å². The molecule has 0 radical (unpaired) electrons. The zero-order valence-electron chi connectivity index (χ0n) is 26.0. The van der Waals surface area contributed by atoms with Crippen molar-refractivity contribution in [3.8, 4) is 0 Å². The third kappa shape index (κ3) is 6.15. The highest BCUT2D eigenvalue weighted by Gasteiger charge is 2.52. The molecule has 236 valence electrons. The molecule has 9 heteroatoms. The fourth-order valence-corrected chi connectivity index (χ4v) is 8.31. The number of carbonyl (C=O) groups excluding carboxylic acids is 2. The van der Waals surface area contributed by atoms with Crippen LogP contribution in [0.1, 0.15) is 65.7 Å². The lowest BCUT2D eigenvalue weighted by atomic mass is 9.70. The molecular formula is C33H50O9. The van der Waals surface area contributed by atoms with Gasteiger partial charge in [0.05, 0.1) is 24.7 Å². The highest BCUT2D eigenvalue weighted by molar-refractivity contribution is 5.99. The molecule has 5 aliphatic rings. The number of ether oxygens (including phenoxy) is 6. The molecule has 14 atom stereocenters. The molecule has 9 nitrogen and oxygen atoms in total. The minimum Gasteiger partial charge on any atom is -0.462 e. The Bertz CT molecular complexity index is 1020. The van der Waals surface area contributed by atoms with Gasteiger partial charge in [0, 0.05) is 33.2 Å². The van der Waals surface area contributed by atoms with Crippen molar-refractivity contribution in [3.05, 3.63) is 23.8 Å². The molecule has 5 rings (SSSR count). The van der Waals surface area contributed by atoms with Crippen LogP contribution in [0, 0.1) is 35.5 Å². The number of fused-ring (bicyclic) bond motifs is 5. The maximum atomic E-state index is 13.8. The maximum Gasteiger partial charge on any atom is 0.306 e. The molecule has 0 aromatic heterocycles. The fourth-order valence-electron chi connectivity index (χ4n) is 8.31. The Balaban J connectivity index is 1.34. The van der Waals surface area contributed by atoms with E-state index in [4.69, 9.17) is 28.4 Å². The van der Waals surface area contributed by atoms with Gasteiger partial charge in [-0.3, -0.25) is 9.59 Å². The molecule has 1 saturated carbocycles. The lowest BCUT2D eigenvalue weighted by Gasteiger charge is -2.44. The van der Waals surface area contributed by atoms with Crippen molar-refractivity contribution < 1.29 is 43.1 Å². The monoisotopic (exact) mass is 590 g/mol.